The molecule has 0 spiro atoms. The molecule has 6 nitrogen and oxygen atoms in total. The van der Waals surface area contributed by atoms with E-state index in [9.17, 15) is 9.59 Å². The van der Waals surface area contributed by atoms with Gasteiger partial charge >= 0.3 is 0 Å². The quantitative estimate of drug-likeness (QED) is 0.849. The number of hydrogen-bond donors (Lipinski definition) is 2. The van der Waals surface area contributed by atoms with Crippen LogP contribution in [0.1, 0.15) is 71.8 Å². The van der Waals surface area contributed by atoms with Crippen molar-refractivity contribution in [1.29, 1.82) is 0 Å². The summed E-state index contributed by atoms with van der Waals surface area (Å²) < 4.78 is 4.96. The zero-order valence-corrected chi connectivity index (χ0v) is 16.2. The van der Waals surface area contributed by atoms with Crippen molar-refractivity contribution >= 4 is 11.8 Å². The first-order valence-corrected chi connectivity index (χ1v) is 10.2. The van der Waals surface area contributed by atoms with Crippen molar-refractivity contribution in [3.05, 3.63) is 52.9 Å². The van der Waals surface area contributed by atoms with Gasteiger partial charge in [0, 0.05) is 12.0 Å². The van der Waals surface area contributed by atoms with Gasteiger partial charge in [-0.1, -0.05) is 29.4 Å². The summed E-state index contributed by atoms with van der Waals surface area (Å²) in [4.78, 5) is 25.1. The highest BCUT2D eigenvalue weighted by Crippen LogP contribution is 2.31. The number of nitrogens with one attached hydrogen (secondary N) is 2. The summed E-state index contributed by atoms with van der Waals surface area (Å²) in [6, 6.07) is 8.65. The fourth-order valence-corrected chi connectivity index (χ4v) is 4.47. The van der Waals surface area contributed by atoms with E-state index in [0.29, 0.717) is 11.3 Å². The Balaban J connectivity index is 1.29. The van der Waals surface area contributed by atoms with Gasteiger partial charge in [0.05, 0.1) is 12.2 Å². The fraction of sp³-hybridized carbons (Fsp3) is 0.500. The van der Waals surface area contributed by atoms with Crippen molar-refractivity contribution < 1.29 is 14.1 Å². The third-order valence-corrected chi connectivity index (χ3v) is 6.11. The number of rotatable bonds is 4. The predicted octanol–water partition coefficient (Wildman–Crippen LogP) is 3.47. The monoisotopic (exact) mass is 381 g/mol. The highest BCUT2D eigenvalue weighted by molar-refractivity contribution is 5.94. The van der Waals surface area contributed by atoms with Crippen LogP contribution in [0.2, 0.25) is 0 Å². The smallest absolute Gasteiger partial charge is 0.256 e. The van der Waals surface area contributed by atoms with Crippen molar-refractivity contribution in [3.63, 3.8) is 0 Å². The van der Waals surface area contributed by atoms with E-state index in [4.69, 9.17) is 4.52 Å². The molecule has 2 amide bonds. The summed E-state index contributed by atoms with van der Waals surface area (Å²) in [6.45, 7) is 1.73. The molecule has 0 saturated heterocycles. The Hall–Kier alpha value is -2.63. The number of aromatic nitrogens is 1. The fourth-order valence-electron chi connectivity index (χ4n) is 4.47. The van der Waals surface area contributed by atoms with E-state index in [0.717, 1.165) is 44.9 Å². The molecule has 1 unspecified atom stereocenters. The Morgan fingerprint density at radius 1 is 1.07 bits per heavy atom. The first-order valence-electron chi connectivity index (χ1n) is 10.2. The van der Waals surface area contributed by atoms with E-state index < -0.39 is 0 Å². The van der Waals surface area contributed by atoms with Gasteiger partial charge in [-0.15, -0.1) is 0 Å². The number of carbonyl (C=O) groups is 2. The molecule has 1 aromatic heterocycles. The second-order valence-corrected chi connectivity index (χ2v) is 7.97. The maximum atomic E-state index is 12.8. The van der Waals surface area contributed by atoms with Gasteiger partial charge in [-0.05, 0) is 63.0 Å². The molecule has 1 saturated carbocycles. The normalized spacial score (nSPS) is 24.2. The number of nitrogens with zero attached hydrogens (tertiary/aromatic N) is 1. The lowest BCUT2D eigenvalue weighted by molar-refractivity contribution is -0.126. The van der Waals surface area contributed by atoms with Gasteiger partial charge in [-0.2, -0.15) is 0 Å². The lowest BCUT2D eigenvalue weighted by Crippen LogP contribution is -2.42. The molecule has 2 aromatic rings. The first kappa shape index (κ1) is 18.7. The number of amides is 2. The van der Waals surface area contributed by atoms with Gasteiger partial charge in [0.25, 0.3) is 5.91 Å². The lowest BCUT2D eigenvalue weighted by atomic mass is 9.84. The largest absolute Gasteiger partial charge is 0.361 e. The lowest BCUT2D eigenvalue weighted by Gasteiger charge is -2.31. The Bertz CT molecular complexity index is 852. The average Bonchev–Trinajstić information content (AvgIpc) is 3.15. The van der Waals surface area contributed by atoms with Crippen LogP contribution in [-0.2, 0) is 11.2 Å². The van der Waals surface area contributed by atoms with Crippen molar-refractivity contribution in [1.82, 2.24) is 15.8 Å². The van der Waals surface area contributed by atoms with Crippen molar-refractivity contribution in [3.8, 4) is 0 Å². The van der Waals surface area contributed by atoms with E-state index in [2.05, 4.69) is 40.1 Å². The Morgan fingerprint density at radius 3 is 2.61 bits per heavy atom. The van der Waals surface area contributed by atoms with E-state index in [1.165, 1.54) is 17.3 Å². The summed E-state index contributed by atoms with van der Waals surface area (Å²) in [5, 5.41) is 9.98. The van der Waals surface area contributed by atoms with Crippen LogP contribution in [0.4, 0.5) is 0 Å². The SMILES string of the molecule is Cc1oncc1C(=O)NC1CCC(C(=O)NC2CCCc3ccccc32)CC1. The average molecular weight is 381 g/mol. The molecule has 1 aromatic carbocycles. The molecule has 0 bridgehead atoms. The van der Waals surface area contributed by atoms with Crippen LogP contribution in [-0.4, -0.2) is 23.0 Å². The van der Waals surface area contributed by atoms with E-state index in [1.807, 2.05) is 0 Å². The highest BCUT2D eigenvalue weighted by atomic mass is 16.5. The second-order valence-electron chi connectivity index (χ2n) is 7.97. The van der Waals surface area contributed by atoms with Crippen LogP contribution < -0.4 is 10.6 Å². The standard InChI is InChI=1S/C22H27N3O3/c1-14-19(13-23-28-14)22(27)24-17-11-9-16(10-12-17)21(26)25-20-8-4-6-15-5-2-3-7-18(15)20/h2-3,5,7,13,16-17,20H,4,6,8-12H2,1H3,(H,24,27)(H,25,26). The summed E-state index contributed by atoms with van der Waals surface area (Å²) in [5.74, 6) is 0.560. The summed E-state index contributed by atoms with van der Waals surface area (Å²) in [6.07, 6.45) is 7.90. The first-order chi connectivity index (χ1) is 13.6. The van der Waals surface area contributed by atoms with E-state index >= 15 is 0 Å². The minimum Gasteiger partial charge on any atom is -0.361 e. The molecule has 1 atom stereocenters. The molecule has 0 radical (unpaired) electrons. The molecule has 2 aliphatic rings. The molecule has 6 heteroatoms. The number of benzene rings is 1. The zero-order valence-electron chi connectivity index (χ0n) is 16.2. The van der Waals surface area contributed by atoms with Gasteiger partial charge < -0.3 is 15.2 Å². The zero-order chi connectivity index (χ0) is 19.5. The molecule has 1 fully saturated rings. The van der Waals surface area contributed by atoms with Crippen LogP contribution >= 0.6 is 0 Å². The van der Waals surface area contributed by atoms with Gasteiger partial charge in [0.2, 0.25) is 5.91 Å². The van der Waals surface area contributed by atoms with Crippen LogP contribution in [0, 0.1) is 12.8 Å². The molecule has 4 rings (SSSR count). The van der Waals surface area contributed by atoms with Gasteiger partial charge in [0.1, 0.15) is 11.3 Å². The summed E-state index contributed by atoms with van der Waals surface area (Å²) >= 11 is 0. The number of carbonyl (C=O) groups excluding carboxylic acids is 2. The molecule has 2 N–H and O–H groups in total. The Morgan fingerprint density at radius 2 is 1.86 bits per heavy atom. The van der Waals surface area contributed by atoms with Gasteiger partial charge in [-0.25, -0.2) is 0 Å². The number of fused-ring (bicyclic) bond motifs is 1. The highest BCUT2D eigenvalue weighted by Gasteiger charge is 2.30. The second kappa shape index (κ2) is 8.17. The van der Waals surface area contributed by atoms with Crippen LogP contribution in [0.5, 0.6) is 0 Å². The molecular formula is C22H27N3O3. The minimum absolute atomic E-state index is 0.0274. The van der Waals surface area contributed by atoms with E-state index in [1.54, 1.807) is 6.92 Å². The van der Waals surface area contributed by atoms with Crippen LogP contribution in [0.25, 0.3) is 0 Å². The molecule has 2 aliphatic carbocycles. The number of hydrogen-bond acceptors (Lipinski definition) is 4. The molecule has 148 valence electrons. The molecule has 0 aliphatic heterocycles. The minimum atomic E-state index is -0.148. The van der Waals surface area contributed by atoms with Crippen molar-refractivity contribution in [2.45, 2.75) is 64.0 Å². The van der Waals surface area contributed by atoms with Crippen molar-refractivity contribution in [2.24, 2.45) is 5.92 Å². The van der Waals surface area contributed by atoms with Crippen LogP contribution in [0.15, 0.2) is 35.0 Å². The molecule has 1 heterocycles. The Labute approximate surface area is 165 Å². The van der Waals surface area contributed by atoms with Crippen molar-refractivity contribution in [2.75, 3.05) is 0 Å². The Kier molecular flexibility index (Phi) is 5.46. The van der Waals surface area contributed by atoms with Gasteiger partial charge in [0.15, 0.2) is 0 Å². The predicted molar refractivity (Wildman–Crippen MR) is 105 cm³/mol. The number of aryl methyl sites for hydroxylation is 2. The third kappa shape index (κ3) is 3.96. The topological polar surface area (TPSA) is 84.2 Å². The third-order valence-electron chi connectivity index (χ3n) is 6.11. The molecular weight excluding hydrogens is 354 g/mol. The summed E-state index contributed by atoms with van der Waals surface area (Å²) in [5.41, 5.74) is 3.11. The molecule has 28 heavy (non-hydrogen) atoms. The van der Waals surface area contributed by atoms with Gasteiger partial charge in [-0.3, -0.25) is 9.59 Å². The summed E-state index contributed by atoms with van der Waals surface area (Å²) in [7, 11) is 0. The van der Waals surface area contributed by atoms with Crippen LogP contribution in [0.3, 0.4) is 0 Å². The maximum Gasteiger partial charge on any atom is 0.256 e. The maximum absolute atomic E-state index is 12.8. The van der Waals surface area contributed by atoms with E-state index in [-0.39, 0.29) is 29.8 Å².